The lowest BCUT2D eigenvalue weighted by atomic mass is 9.98. The van der Waals surface area contributed by atoms with Crippen LogP contribution in [0, 0.1) is 0 Å². The lowest BCUT2D eigenvalue weighted by Crippen LogP contribution is -2.28. The Kier molecular flexibility index (Phi) is 5.36. The molecule has 1 aliphatic heterocycles. The minimum absolute atomic E-state index is 0.0936. The lowest BCUT2D eigenvalue weighted by Gasteiger charge is -2.19. The third-order valence-electron chi connectivity index (χ3n) is 5.17. The minimum atomic E-state index is -0.0936. The summed E-state index contributed by atoms with van der Waals surface area (Å²) in [6.07, 6.45) is 9.38. The number of carbonyl (C=O) groups excluding carboxylic acids is 1. The number of rotatable bonds is 5. The van der Waals surface area contributed by atoms with E-state index in [1.807, 2.05) is 12.4 Å². The largest absolute Gasteiger partial charge is 0.459 e. The minimum Gasteiger partial charge on any atom is -0.459 e. The Balaban J connectivity index is 1.35. The van der Waals surface area contributed by atoms with Crippen molar-refractivity contribution < 1.29 is 9.53 Å². The van der Waals surface area contributed by atoms with Crippen molar-refractivity contribution in [3.63, 3.8) is 0 Å². The number of aromatic nitrogens is 3. The Morgan fingerprint density at radius 3 is 3.04 bits per heavy atom. The molecule has 8 heteroatoms. The fourth-order valence-electron chi connectivity index (χ4n) is 3.80. The average molecular weight is 388 g/mol. The molecule has 144 valence electrons. The Morgan fingerprint density at radius 1 is 1.33 bits per heavy atom. The third kappa shape index (κ3) is 4.44. The maximum atomic E-state index is 11.1. The number of aryl methyl sites for hydroxylation is 2. The van der Waals surface area contributed by atoms with E-state index < -0.39 is 0 Å². The van der Waals surface area contributed by atoms with Gasteiger partial charge in [0.15, 0.2) is 5.13 Å². The molecule has 1 amide bonds. The van der Waals surface area contributed by atoms with Crippen LogP contribution < -0.4 is 10.1 Å². The van der Waals surface area contributed by atoms with E-state index in [9.17, 15) is 4.79 Å². The van der Waals surface area contributed by atoms with Gasteiger partial charge in [-0.15, -0.1) is 11.3 Å². The van der Waals surface area contributed by atoms with Gasteiger partial charge in [0.25, 0.3) is 0 Å². The summed E-state index contributed by atoms with van der Waals surface area (Å²) in [5.41, 5.74) is 2.43. The van der Waals surface area contributed by atoms with E-state index >= 15 is 0 Å². The van der Waals surface area contributed by atoms with Crippen LogP contribution in [0.5, 0.6) is 6.01 Å². The highest BCUT2D eigenvalue weighted by molar-refractivity contribution is 7.15. The smallest absolute Gasteiger partial charge is 0.316 e. The highest BCUT2D eigenvalue weighted by Crippen LogP contribution is 2.27. The van der Waals surface area contributed by atoms with Crippen molar-refractivity contribution in [3.8, 4) is 6.01 Å². The molecule has 27 heavy (non-hydrogen) atoms. The van der Waals surface area contributed by atoms with E-state index in [0.717, 1.165) is 42.9 Å². The van der Waals surface area contributed by atoms with Crippen LogP contribution in [0.15, 0.2) is 12.4 Å². The van der Waals surface area contributed by atoms with Gasteiger partial charge in [-0.25, -0.2) is 9.97 Å². The molecule has 0 radical (unpaired) electrons. The molecule has 2 aliphatic rings. The summed E-state index contributed by atoms with van der Waals surface area (Å²) < 4.78 is 6.10. The predicted octanol–water partition coefficient (Wildman–Crippen LogP) is 2.81. The van der Waals surface area contributed by atoms with Crippen LogP contribution in [0.3, 0.4) is 0 Å². The van der Waals surface area contributed by atoms with Crippen LogP contribution in [-0.2, 0) is 24.2 Å². The highest BCUT2D eigenvalue weighted by Gasteiger charge is 2.31. The molecule has 0 bridgehead atoms. The quantitative estimate of drug-likeness (QED) is 0.850. The van der Waals surface area contributed by atoms with E-state index in [1.165, 1.54) is 36.7 Å². The molecule has 2 aromatic rings. The van der Waals surface area contributed by atoms with Gasteiger partial charge in [0.2, 0.25) is 5.91 Å². The molecule has 1 N–H and O–H groups in total. The number of nitrogens with one attached hydrogen (secondary N) is 1. The first kappa shape index (κ1) is 18.3. The fraction of sp³-hybridized carbons (Fsp3) is 0.579. The fourth-order valence-corrected chi connectivity index (χ4v) is 4.69. The number of amides is 1. The Hall–Kier alpha value is -2.06. The summed E-state index contributed by atoms with van der Waals surface area (Å²) in [4.78, 5) is 28.0. The first-order valence-electron chi connectivity index (χ1n) is 9.54. The number of anilines is 1. The molecule has 0 saturated carbocycles. The third-order valence-corrected chi connectivity index (χ3v) is 6.07. The monoisotopic (exact) mass is 387 g/mol. The van der Waals surface area contributed by atoms with Gasteiger partial charge in [-0.2, -0.15) is 4.98 Å². The van der Waals surface area contributed by atoms with Crippen molar-refractivity contribution in [2.75, 3.05) is 11.9 Å². The topological polar surface area (TPSA) is 80.2 Å². The number of nitrogens with zero attached hydrogens (tertiary/aromatic N) is 4. The van der Waals surface area contributed by atoms with Crippen molar-refractivity contribution in [1.82, 2.24) is 19.9 Å². The van der Waals surface area contributed by atoms with Gasteiger partial charge in [-0.1, -0.05) is 0 Å². The van der Waals surface area contributed by atoms with Crippen molar-refractivity contribution in [2.45, 2.75) is 64.6 Å². The SMILES string of the molecule is CC(=O)Nc1ncc(CN2C[C@H](Oc3ncc4c(n3)CCCC4)C[C@@H]2C)s1. The number of hydrogen-bond donors (Lipinski definition) is 1. The number of fused-ring (bicyclic) bond motifs is 1. The molecule has 1 aliphatic carbocycles. The zero-order valence-corrected chi connectivity index (χ0v) is 16.6. The Bertz CT molecular complexity index is 824. The number of hydrogen-bond acceptors (Lipinski definition) is 7. The van der Waals surface area contributed by atoms with Crippen molar-refractivity contribution in [1.29, 1.82) is 0 Å². The predicted molar refractivity (Wildman–Crippen MR) is 104 cm³/mol. The maximum Gasteiger partial charge on any atom is 0.316 e. The standard InChI is InChI=1S/C19H25N5O2S/c1-12-7-15(26-18-20-8-14-5-3-4-6-17(14)23-18)10-24(12)11-16-9-21-19(27-16)22-13(2)25/h8-9,12,15H,3-7,10-11H2,1-2H3,(H,21,22,25)/t12-,15+/m0/s1. The van der Waals surface area contributed by atoms with Crippen molar-refractivity contribution >= 4 is 22.4 Å². The highest BCUT2D eigenvalue weighted by atomic mass is 32.1. The number of carbonyl (C=O) groups is 1. The van der Waals surface area contributed by atoms with Crippen molar-refractivity contribution in [3.05, 3.63) is 28.5 Å². The van der Waals surface area contributed by atoms with Gasteiger partial charge in [-0.05, 0) is 38.2 Å². The average Bonchev–Trinajstić information content (AvgIpc) is 3.21. The van der Waals surface area contributed by atoms with Gasteiger partial charge >= 0.3 is 6.01 Å². The summed E-state index contributed by atoms with van der Waals surface area (Å²) in [5.74, 6) is -0.0936. The Labute approximate surface area is 163 Å². The van der Waals surface area contributed by atoms with Gasteiger partial charge in [0.05, 0.1) is 5.69 Å². The van der Waals surface area contributed by atoms with Crippen LogP contribution in [0.2, 0.25) is 0 Å². The van der Waals surface area contributed by atoms with Gasteiger partial charge in [-0.3, -0.25) is 9.69 Å². The normalized spacial score (nSPS) is 22.4. The summed E-state index contributed by atoms with van der Waals surface area (Å²) in [6.45, 7) is 5.36. The molecule has 0 unspecified atom stereocenters. The number of thiazole rings is 1. The summed E-state index contributed by atoms with van der Waals surface area (Å²) in [7, 11) is 0. The molecule has 2 atom stereocenters. The molecule has 1 saturated heterocycles. The molecule has 0 spiro atoms. The summed E-state index contributed by atoms with van der Waals surface area (Å²) >= 11 is 1.52. The molecule has 4 rings (SSSR count). The van der Waals surface area contributed by atoms with Crippen molar-refractivity contribution in [2.24, 2.45) is 0 Å². The van der Waals surface area contributed by atoms with Crippen LogP contribution in [0.25, 0.3) is 0 Å². The second-order valence-corrected chi connectivity index (χ2v) is 8.51. The van der Waals surface area contributed by atoms with E-state index in [0.29, 0.717) is 17.2 Å². The first-order chi connectivity index (χ1) is 13.1. The summed E-state index contributed by atoms with van der Waals surface area (Å²) in [6, 6.07) is 0.930. The molecule has 7 nitrogen and oxygen atoms in total. The molecule has 2 aromatic heterocycles. The van der Waals surface area contributed by atoms with E-state index in [2.05, 4.69) is 32.1 Å². The second kappa shape index (κ2) is 7.90. The lowest BCUT2D eigenvalue weighted by molar-refractivity contribution is -0.114. The van der Waals surface area contributed by atoms with Gasteiger partial charge in [0.1, 0.15) is 6.10 Å². The van der Waals surface area contributed by atoms with Gasteiger partial charge < -0.3 is 10.1 Å². The Morgan fingerprint density at radius 2 is 2.19 bits per heavy atom. The first-order valence-corrected chi connectivity index (χ1v) is 10.4. The molecule has 0 aromatic carbocycles. The van der Waals surface area contributed by atoms with E-state index in [1.54, 1.807) is 0 Å². The van der Waals surface area contributed by atoms with Crippen LogP contribution >= 0.6 is 11.3 Å². The van der Waals surface area contributed by atoms with Crippen LogP contribution in [0.4, 0.5) is 5.13 Å². The summed E-state index contributed by atoms with van der Waals surface area (Å²) in [5, 5.41) is 3.39. The zero-order valence-electron chi connectivity index (χ0n) is 15.8. The van der Waals surface area contributed by atoms with E-state index in [-0.39, 0.29) is 12.0 Å². The number of likely N-dealkylation sites (tertiary alicyclic amines) is 1. The number of ether oxygens (including phenoxy) is 1. The van der Waals surface area contributed by atoms with Crippen LogP contribution in [0.1, 0.15) is 49.2 Å². The molecular formula is C19H25N5O2S. The van der Waals surface area contributed by atoms with Gasteiger partial charge in [0, 0.05) is 49.7 Å². The maximum absolute atomic E-state index is 11.1. The second-order valence-electron chi connectivity index (χ2n) is 7.40. The van der Waals surface area contributed by atoms with Crippen LogP contribution in [-0.4, -0.2) is 44.4 Å². The van der Waals surface area contributed by atoms with E-state index in [4.69, 9.17) is 4.74 Å². The molecule has 1 fully saturated rings. The zero-order chi connectivity index (χ0) is 18.8. The molecule has 3 heterocycles. The molecular weight excluding hydrogens is 362 g/mol.